The van der Waals surface area contributed by atoms with Crippen LogP contribution in [-0.4, -0.2) is 25.8 Å². The number of carbonyl (C=O) groups excluding carboxylic acids is 1. The highest BCUT2D eigenvalue weighted by molar-refractivity contribution is 5.56. The molecule has 3 nitrogen and oxygen atoms in total. The van der Waals surface area contributed by atoms with Crippen molar-refractivity contribution in [1.82, 2.24) is 0 Å². The van der Waals surface area contributed by atoms with Crippen LogP contribution in [0.3, 0.4) is 0 Å². The average Bonchev–Trinajstić information content (AvgIpc) is 2.05. The van der Waals surface area contributed by atoms with E-state index in [2.05, 4.69) is 0 Å². The summed E-state index contributed by atoms with van der Waals surface area (Å²) in [6.45, 7) is 0. The molecule has 1 rings (SSSR count). The van der Waals surface area contributed by atoms with Gasteiger partial charge in [0.2, 0.25) is 0 Å². The summed E-state index contributed by atoms with van der Waals surface area (Å²) in [5, 5.41) is 0. The first-order valence-electron chi connectivity index (χ1n) is 3.17. The van der Waals surface area contributed by atoms with Gasteiger partial charge in [0.15, 0.2) is 6.29 Å². The second-order valence-corrected chi connectivity index (χ2v) is 2.08. The minimum Gasteiger partial charge on any atom is -0.352 e. The van der Waals surface area contributed by atoms with E-state index in [1.807, 2.05) is 6.08 Å². The highest BCUT2D eigenvalue weighted by Crippen LogP contribution is 2.10. The van der Waals surface area contributed by atoms with Crippen molar-refractivity contribution in [1.29, 1.82) is 0 Å². The minimum absolute atomic E-state index is 0.324. The zero-order valence-corrected chi connectivity index (χ0v) is 5.82. The molecular weight excluding hydrogens is 132 g/mol. The summed E-state index contributed by atoms with van der Waals surface area (Å²) in [7, 11) is 1.54. The van der Waals surface area contributed by atoms with E-state index in [-0.39, 0.29) is 12.4 Å². The normalized spacial score (nSPS) is 32.1. The topological polar surface area (TPSA) is 35.5 Å². The molecule has 0 saturated carbocycles. The molecule has 56 valence electrons. The first kappa shape index (κ1) is 7.44. The van der Waals surface area contributed by atoms with Crippen LogP contribution in [0.15, 0.2) is 12.2 Å². The molecule has 10 heavy (non-hydrogen) atoms. The highest BCUT2D eigenvalue weighted by atomic mass is 16.7. The molecule has 1 heterocycles. The Labute approximate surface area is 59.6 Å². The van der Waals surface area contributed by atoms with Gasteiger partial charge in [-0.25, -0.2) is 0 Å². The van der Waals surface area contributed by atoms with Crippen LogP contribution in [0.4, 0.5) is 0 Å². The molecule has 1 aliphatic rings. The van der Waals surface area contributed by atoms with Gasteiger partial charge < -0.3 is 14.3 Å². The number of hydrogen-bond donors (Lipinski definition) is 0. The van der Waals surface area contributed by atoms with E-state index in [0.29, 0.717) is 6.42 Å². The fraction of sp³-hybridized carbons (Fsp3) is 0.571. The van der Waals surface area contributed by atoms with Crippen molar-refractivity contribution in [2.45, 2.75) is 18.8 Å². The lowest BCUT2D eigenvalue weighted by Gasteiger charge is -2.20. The Morgan fingerprint density at radius 1 is 1.80 bits per heavy atom. The van der Waals surface area contributed by atoms with Gasteiger partial charge in [-0.3, -0.25) is 0 Å². The molecule has 0 aromatic heterocycles. The van der Waals surface area contributed by atoms with Crippen LogP contribution in [0.5, 0.6) is 0 Å². The Kier molecular flexibility index (Phi) is 2.59. The van der Waals surface area contributed by atoms with Crippen LogP contribution in [0, 0.1) is 0 Å². The SMILES string of the molecule is CO[C@@H]1C=CC[C@@H](C=O)O1. The summed E-state index contributed by atoms with van der Waals surface area (Å²) >= 11 is 0. The lowest BCUT2D eigenvalue weighted by Crippen LogP contribution is -2.26. The number of carbonyl (C=O) groups is 1. The fourth-order valence-electron chi connectivity index (χ4n) is 0.819. The monoisotopic (exact) mass is 142 g/mol. The van der Waals surface area contributed by atoms with E-state index in [9.17, 15) is 4.79 Å². The predicted molar refractivity (Wildman–Crippen MR) is 35.5 cm³/mol. The molecule has 0 bridgehead atoms. The maximum atomic E-state index is 10.2. The van der Waals surface area contributed by atoms with Crippen molar-refractivity contribution in [3.63, 3.8) is 0 Å². The molecule has 1 aliphatic heterocycles. The molecule has 0 spiro atoms. The number of methoxy groups -OCH3 is 1. The van der Waals surface area contributed by atoms with E-state index in [0.717, 1.165) is 6.29 Å². The average molecular weight is 142 g/mol. The predicted octanol–water partition coefficient (Wildman–Crippen LogP) is 0.503. The fourth-order valence-corrected chi connectivity index (χ4v) is 0.819. The van der Waals surface area contributed by atoms with Crippen LogP contribution < -0.4 is 0 Å². The Balaban J connectivity index is 2.45. The second-order valence-electron chi connectivity index (χ2n) is 2.08. The summed E-state index contributed by atoms with van der Waals surface area (Å²) in [6, 6.07) is 0. The Hall–Kier alpha value is -0.670. The van der Waals surface area contributed by atoms with Gasteiger partial charge in [-0.1, -0.05) is 6.08 Å². The van der Waals surface area contributed by atoms with Crippen LogP contribution in [-0.2, 0) is 14.3 Å². The van der Waals surface area contributed by atoms with Crippen molar-refractivity contribution in [3.05, 3.63) is 12.2 Å². The van der Waals surface area contributed by atoms with Gasteiger partial charge in [0, 0.05) is 7.11 Å². The maximum Gasteiger partial charge on any atom is 0.177 e. The Morgan fingerprint density at radius 3 is 3.20 bits per heavy atom. The lowest BCUT2D eigenvalue weighted by atomic mass is 10.2. The molecule has 0 aliphatic carbocycles. The molecule has 0 aromatic carbocycles. The summed E-state index contributed by atoms with van der Waals surface area (Å²) in [5.41, 5.74) is 0. The molecule has 2 atom stereocenters. The van der Waals surface area contributed by atoms with Gasteiger partial charge in [-0.15, -0.1) is 0 Å². The lowest BCUT2D eigenvalue weighted by molar-refractivity contribution is -0.146. The van der Waals surface area contributed by atoms with E-state index < -0.39 is 0 Å². The van der Waals surface area contributed by atoms with Crippen molar-refractivity contribution in [2.75, 3.05) is 7.11 Å². The molecule has 0 amide bonds. The molecule has 0 fully saturated rings. The Bertz CT molecular complexity index is 142. The number of rotatable bonds is 2. The minimum atomic E-state index is -0.344. The second kappa shape index (κ2) is 3.49. The largest absolute Gasteiger partial charge is 0.352 e. The van der Waals surface area contributed by atoms with Gasteiger partial charge in [0.1, 0.15) is 12.4 Å². The van der Waals surface area contributed by atoms with Crippen molar-refractivity contribution >= 4 is 6.29 Å². The third-order valence-corrected chi connectivity index (χ3v) is 1.35. The molecule has 0 N–H and O–H groups in total. The van der Waals surface area contributed by atoms with Crippen molar-refractivity contribution in [3.8, 4) is 0 Å². The third kappa shape index (κ3) is 1.65. The Morgan fingerprint density at radius 2 is 2.60 bits per heavy atom. The number of aldehydes is 1. The third-order valence-electron chi connectivity index (χ3n) is 1.35. The van der Waals surface area contributed by atoms with Gasteiger partial charge in [-0.05, 0) is 12.5 Å². The number of hydrogen-bond acceptors (Lipinski definition) is 3. The maximum absolute atomic E-state index is 10.2. The standard InChI is InChI=1S/C7H10O3/c1-9-7-4-2-3-6(5-8)10-7/h2,4-7H,3H2,1H3/t6-,7-/m0/s1. The van der Waals surface area contributed by atoms with E-state index >= 15 is 0 Å². The summed E-state index contributed by atoms with van der Waals surface area (Å²) in [5.74, 6) is 0. The molecular formula is C7H10O3. The van der Waals surface area contributed by atoms with Gasteiger partial charge in [0.05, 0.1) is 0 Å². The quantitative estimate of drug-likeness (QED) is 0.416. The van der Waals surface area contributed by atoms with Crippen LogP contribution in [0.2, 0.25) is 0 Å². The smallest absolute Gasteiger partial charge is 0.177 e. The molecule has 0 radical (unpaired) electrons. The molecule has 0 aromatic rings. The van der Waals surface area contributed by atoms with Gasteiger partial charge in [0.25, 0.3) is 0 Å². The molecule has 3 heteroatoms. The van der Waals surface area contributed by atoms with Gasteiger partial charge in [-0.2, -0.15) is 0 Å². The summed E-state index contributed by atoms with van der Waals surface area (Å²) < 4.78 is 9.96. The summed E-state index contributed by atoms with van der Waals surface area (Å²) in [6.07, 6.45) is 4.45. The zero-order chi connectivity index (χ0) is 7.40. The van der Waals surface area contributed by atoms with E-state index in [1.165, 1.54) is 0 Å². The van der Waals surface area contributed by atoms with Crippen LogP contribution in [0.1, 0.15) is 6.42 Å². The summed E-state index contributed by atoms with van der Waals surface area (Å²) in [4.78, 5) is 10.2. The van der Waals surface area contributed by atoms with Crippen LogP contribution in [0.25, 0.3) is 0 Å². The first-order valence-corrected chi connectivity index (χ1v) is 3.17. The highest BCUT2D eigenvalue weighted by Gasteiger charge is 2.15. The van der Waals surface area contributed by atoms with E-state index in [4.69, 9.17) is 9.47 Å². The number of ether oxygens (including phenoxy) is 2. The van der Waals surface area contributed by atoms with Gasteiger partial charge >= 0.3 is 0 Å². The first-order chi connectivity index (χ1) is 4.86. The molecule has 0 saturated heterocycles. The van der Waals surface area contributed by atoms with Crippen molar-refractivity contribution in [2.24, 2.45) is 0 Å². The zero-order valence-electron chi connectivity index (χ0n) is 5.82. The van der Waals surface area contributed by atoms with Crippen molar-refractivity contribution < 1.29 is 14.3 Å². The van der Waals surface area contributed by atoms with Crippen LogP contribution >= 0.6 is 0 Å². The molecule has 0 unspecified atom stereocenters. The van der Waals surface area contributed by atoms with E-state index in [1.54, 1.807) is 13.2 Å².